The molecule has 12 aromatic rings. The molecule has 10 aromatic carbocycles. The SMILES string of the molecule is CC1(C)c2ccccc2-c2cc3c4cc5c6ccccc6c6ccccc6c5cc4n(-c4ccc(-c5ccc6c(c5)c5ccccc5n6-c5ccccc5)cc4)c3cc21. The van der Waals surface area contributed by atoms with Crippen molar-refractivity contribution in [1.29, 1.82) is 0 Å². The van der Waals surface area contributed by atoms with Crippen LogP contribution in [0, 0.1) is 0 Å². The standard InChI is InChI=1S/C57H38N2/c1-57(2)51-22-12-10-20-43(51)47-32-50-49-31-45-41-18-8-6-16-39(41)40-17-7-9-19-42(40)46(45)33-55(49)59(56(50)34-52(47)57)38-27-24-35(25-28-38)36-26-29-54-48(30-36)44-21-11-13-23-53(44)58(54)37-14-4-3-5-15-37/h3-34H,1-2H3. The van der Waals surface area contributed by atoms with Crippen LogP contribution in [0.15, 0.2) is 194 Å². The molecule has 1 aliphatic carbocycles. The van der Waals surface area contributed by atoms with E-state index < -0.39 is 0 Å². The maximum atomic E-state index is 2.52. The summed E-state index contributed by atoms with van der Waals surface area (Å²) in [4.78, 5) is 0. The van der Waals surface area contributed by atoms with Gasteiger partial charge in [-0.25, -0.2) is 0 Å². The largest absolute Gasteiger partial charge is 0.309 e. The predicted molar refractivity (Wildman–Crippen MR) is 251 cm³/mol. The summed E-state index contributed by atoms with van der Waals surface area (Å²) in [5.41, 5.74) is 15.0. The van der Waals surface area contributed by atoms with Gasteiger partial charge < -0.3 is 9.13 Å². The third-order valence-corrected chi connectivity index (χ3v) is 13.5. The van der Waals surface area contributed by atoms with Gasteiger partial charge in [0.25, 0.3) is 0 Å². The van der Waals surface area contributed by atoms with Crippen molar-refractivity contribution in [2.75, 3.05) is 0 Å². The predicted octanol–water partition coefficient (Wildman–Crippen LogP) is 15.3. The van der Waals surface area contributed by atoms with E-state index >= 15 is 0 Å². The molecule has 0 unspecified atom stereocenters. The highest BCUT2D eigenvalue weighted by Gasteiger charge is 2.36. The van der Waals surface area contributed by atoms with Crippen molar-refractivity contribution in [3.8, 4) is 33.6 Å². The number of rotatable bonds is 3. The lowest BCUT2D eigenvalue weighted by Gasteiger charge is -2.21. The summed E-state index contributed by atoms with van der Waals surface area (Å²) in [5.74, 6) is 0. The molecule has 0 fully saturated rings. The normalized spacial score (nSPS) is 13.4. The Labute approximate surface area is 341 Å². The summed E-state index contributed by atoms with van der Waals surface area (Å²) in [5, 5.41) is 12.9. The van der Waals surface area contributed by atoms with Gasteiger partial charge in [-0.3, -0.25) is 0 Å². The van der Waals surface area contributed by atoms with Crippen molar-refractivity contribution in [3.05, 3.63) is 205 Å². The van der Waals surface area contributed by atoms with E-state index in [-0.39, 0.29) is 5.41 Å². The summed E-state index contributed by atoms with van der Waals surface area (Å²) in [6, 6.07) is 72.4. The lowest BCUT2D eigenvalue weighted by molar-refractivity contribution is 0.661. The first kappa shape index (κ1) is 32.6. The number of hydrogen-bond acceptors (Lipinski definition) is 0. The van der Waals surface area contributed by atoms with Crippen molar-refractivity contribution in [1.82, 2.24) is 9.13 Å². The Bertz CT molecular complexity index is 3730. The van der Waals surface area contributed by atoms with Crippen molar-refractivity contribution >= 4 is 75.9 Å². The van der Waals surface area contributed by atoms with Gasteiger partial charge in [-0.05, 0) is 132 Å². The molecule has 0 spiro atoms. The van der Waals surface area contributed by atoms with Crippen LogP contribution in [0.2, 0.25) is 0 Å². The van der Waals surface area contributed by atoms with Crippen molar-refractivity contribution in [3.63, 3.8) is 0 Å². The molecular weight excluding hydrogens is 713 g/mol. The molecule has 2 heteroatoms. The molecule has 0 saturated carbocycles. The first-order chi connectivity index (χ1) is 29.0. The van der Waals surface area contributed by atoms with Gasteiger partial charge in [-0.2, -0.15) is 0 Å². The minimum atomic E-state index is -0.106. The molecule has 276 valence electrons. The van der Waals surface area contributed by atoms with Crippen LogP contribution in [-0.4, -0.2) is 9.13 Å². The molecule has 0 radical (unpaired) electrons. The van der Waals surface area contributed by atoms with Crippen LogP contribution < -0.4 is 0 Å². The average Bonchev–Trinajstić information content (AvgIpc) is 3.87. The maximum Gasteiger partial charge on any atom is 0.0547 e. The van der Waals surface area contributed by atoms with E-state index in [0.29, 0.717) is 0 Å². The smallest absolute Gasteiger partial charge is 0.0547 e. The van der Waals surface area contributed by atoms with E-state index in [9.17, 15) is 0 Å². The molecule has 59 heavy (non-hydrogen) atoms. The van der Waals surface area contributed by atoms with Gasteiger partial charge in [0.15, 0.2) is 0 Å². The van der Waals surface area contributed by atoms with Gasteiger partial charge in [0, 0.05) is 38.3 Å². The summed E-state index contributed by atoms with van der Waals surface area (Å²) >= 11 is 0. The third kappa shape index (κ3) is 4.46. The molecule has 13 rings (SSSR count). The second kappa shape index (κ2) is 11.8. The van der Waals surface area contributed by atoms with E-state index in [1.54, 1.807) is 0 Å². The quantitative estimate of drug-likeness (QED) is 0.159. The van der Waals surface area contributed by atoms with Crippen molar-refractivity contribution in [2.45, 2.75) is 19.3 Å². The van der Waals surface area contributed by atoms with Crippen LogP contribution in [0.25, 0.3) is 110 Å². The number of benzene rings is 10. The summed E-state index contributed by atoms with van der Waals surface area (Å²) in [6.45, 7) is 4.76. The highest BCUT2D eigenvalue weighted by Crippen LogP contribution is 2.51. The number of aromatic nitrogens is 2. The lowest BCUT2D eigenvalue weighted by atomic mass is 9.82. The van der Waals surface area contributed by atoms with Crippen LogP contribution in [0.4, 0.5) is 0 Å². The molecule has 0 bridgehead atoms. The highest BCUT2D eigenvalue weighted by molar-refractivity contribution is 6.29. The molecule has 1 aliphatic rings. The molecule has 0 saturated heterocycles. The van der Waals surface area contributed by atoms with Crippen molar-refractivity contribution < 1.29 is 0 Å². The van der Waals surface area contributed by atoms with Crippen LogP contribution >= 0.6 is 0 Å². The topological polar surface area (TPSA) is 9.86 Å². The van der Waals surface area contributed by atoms with E-state index in [1.165, 1.54) is 115 Å². The highest BCUT2D eigenvalue weighted by atomic mass is 15.0. The van der Waals surface area contributed by atoms with Gasteiger partial charge in [-0.1, -0.05) is 141 Å². The lowest BCUT2D eigenvalue weighted by Crippen LogP contribution is -2.14. The molecule has 2 aromatic heterocycles. The Balaban J connectivity index is 1.05. The first-order valence-corrected chi connectivity index (χ1v) is 20.7. The molecular formula is C57H38N2. The van der Waals surface area contributed by atoms with E-state index in [4.69, 9.17) is 0 Å². The van der Waals surface area contributed by atoms with Crippen LogP contribution in [0.3, 0.4) is 0 Å². The molecule has 0 atom stereocenters. The second-order valence-corrected chi connectivity index (χ2v) is 16.9. The maximum absolute atomic E-state index is 2.52. The second-order valence-electron chi connectivity index (χ2n) is 16.9. The number of hydrogen-bond donors (Lipinski definition) is 0. The Morgan fingerprint density at radius 1 is 0.288 bits per heavy atom. The fourth-order valence-corrected chi connectivity index (χ4v) is 10.7. The third-order valence-electron chi connectivity index (χ3n) is 13.5. The molecule has 2 nitrogen and oxygen atoms in total. The molecule has 0 amide bonds. The van der Waals surface area contributed by atoms with E-state index in [1.807, 2.05) is 0 Å². The summed E-state index contributed by atoms with van der Waals surface area (Å²) in [6.07, 6.45) is 0. The zero-order valence-corrected chi connectivity index (χ0v) is 32.9. The van der Waals surface area contributed by atoms with Gasteiger partial charge in [0.1, 0.15) is 0 Å². The zero-order chi connectivity index (χ0) is 39.0. The van der Waals surface area contributed by atoms with E-state index in [2.05, 4.69) is 217 Å². The molecule has 0 N–H and O–H groups in total. The number of para-hydroxylation sites is 2. The van der Waals surface area contributed by atoms with E-state index in [0.717, 1.165) is 5.69 Å². The fraction of sp³-hybridized carbons (Fsp3) is 0.0526. The van der Waals surface area contributed by atoms with Gasteiger partial charge in [-0.15, -0.1) is 0 Å². The number of nitrogens with zero attached hydrogens (tertiary/aromatic N) is 2. The van der Waals surface area contributed by atoms with Gasteiger partial charge in [0.05, 0.1) is 22.1 Å². The molecule has 0 aliphatic heterocycles. The Kier molecular flexibility index (Phi) is 6.54. The Morgan fingerprint density at radius 2 is 0.797 bits per heavy atom. The zero-order valence-electron chi connectivity index (χ0n) is 32.9. The summed E-state index contributed by atoms with van der Waals surface area (Å²) < 4.78 is 4.90. The first-order valence-electron chi connectivity index (χ1n) is 20.7. The van der Waals surface area contributed by atoms with Crippen LogP contribution in [0.1, 0.15) is 25.0 Å². The van der Waals surface area contributed by atoms with Crippen LogP contribution in [-0.2, 0) is 5.41 Å². The Hall–Kier alpha value is -7.42. The average molecular weight is 751 g/mol. The van der Waals surface area contributed by atoms with Crippen LogP contribution in [0.5, 0.6) is 0 Å². The monoisotopic (exact) mass is 750 g/mol. The fourth-order valence-electron chi connectivity index (χ4n) is 10.7. The molecule has 2 heterocycles. The minimum absolute atomic E-state index is 0.106. The number of fused-ring (bicyclic) bond motifs is 15. The van der Waals surface area contributed by atoms with Gasteiger partial charge in [0.2, 0.25) is 0 Å². The van der Waals surface area contributed by atoms with Gasteiger partial charge >= 0.3 is 0 Å². The summed E-state index contributed by atoms with van der Waals surface area (Å²) in [7, 11) is 0. The minimum Gasteiger partial charge on any atom is -0.309 e. The Morgan fingerprint density at radius 3 is 1.54 bits per heavy atom. The van der Waals surface area contributed by atoms with Crippen molar-refractivity contribution in [2.24, 2.45) is 0 Å².